The fourth-order valence-electron chi connectivity index (χ4n) is 1.52. The van der Waals surface area contributed by atoms with Crippen molar-refractivity contribution in [1.82, 2.24) is 10.6 Å². The van der Waals surface area contributed by atoms with Crippen molar-refractivity contribution in [2.45, 2.75) is 31.8 Å². The first-order valence-electron chi connectivity index (χ1n) is 5.37. The number of rotatable bonds is 3. The Bertz CT molecular complexity index is 315. The molecule has 1 fully saturated rings. The molecule has 0 aliphatic heterocycles. The second-order valence-corrected chi connectivity index (χ2v) is 3.83. The summed E-state index contributed by atoms with van der Waals surface area (Å²) in [6, 6.07) is 2.56. The van der Waals surface area contributed by atoms with Crippen LogP contribution in [0.3, 0.4) is 0 Å². The zero-order chi connectivity index (χ0) is 10.5. The van der Waals surface area contributed by atoms with Gasteiger partial charge < -0.3 is 15.1 Å². The topological polar surface area (TPSA) is 49.6 Å². The molecule has 0 bridgehead atoms. The van der Waals surface area contributed by atoms with E-state index >= 15 is 0 Å². The summed E-state index contributed by atoms with van der Waals surface area (Å²) in [7, 11) is 1.80. The van der Waals surface area contributed by atoms with E-state index in [0.29, 0.717) is 6.04 Å². The van der Waals surface area contributed by atoms with Gasteiger partial charge in [-0.15, -0.1) is 0 Å². The van der Waals surface area contributed by atoms with Gasteiger partial charge in [-0.3, -0.25) is 4.99 Å². The van der Waals surface area contributed by atoms with E-state index < -0.39 is 0 Å². The molecule has 82 valence electrons. The molecule has 0 spiro atoms. The smallest absolute Gasteiger partial charge is 0.191 e. The quantitative estimate of drug-likeness (QED) is 0.583. The molecule has 0 saturated heterocycles. The molecule has 1 saturated carbocycles. The molecule has 4 heteroatoms. The van der Waals surface area contributed by atoms with Gasteiger partial charge in [-0.2, -0.15) is 0 Å². The first-order valence-corrected chi connectivity index (χ1v) is 5.37. The molecule has 1 aromatic rings. The van der Waals surface area contributed by atoms with Crippen molar-refractivity contribution in [2.75, 3.05) is 7.05 Å². The predicted molar refractivity (Wildman–Crippen MR) is 59.7 cm³/mol. The van der Waals surface area contributed by atoms with Crippen molar-refractivity contribution < 1.29 is 4.42 Å². The highest BCUT2D eigenvalue weighted by atomic mass is 16.3. The molecule has 1 aromatic heterocycles. The van der Waals surface area contributed by atoms with E-state index in [2.05, 4.69) is 15.6 Å². The second kappa shape index (κ2) is 4.87. The van der Waals surface area contributed by atoms with E-state index in [1.807, 2.05) is 6.07 Å². The van der Waals surface area contributed by atoms with Gasteiger partial charge >= 0.3 is 0 Å². The van der Waals surface area contributed by atoms with E-state index in [-0.39, 0.29) is 0 Å². The van der Waals surface area contributed by atoms with E-state index in [1.54, 1.807) is 19.6 Å². The van der Waals surface area contributed by atoms with Crippen molar-refractivity contribution in [3.8, 4) is 0 Å². The molecular formula is C11H17N3O. The van der Waals surface area contributed by atoms with Gasteiger partial charge in [-0.25, -0.2) is 0 Å². The summed E-state index contributed by atoms with van der Waals surface area (Å²) in [5.74, 6) is 0.876. The minimum Gasteiger partial charge on any atom is -0.472 e. The van der Waals surface area contributed by atoms with Crippen molar-refractivity contribution in [1.29, 1.82) is 0 Å². The molecule has 1 heterocycles. The Morgan fingerprint density at radius 1 is 1.60 bits per heavy atom. The van der Waals surface area contributed by atoms with E-state index in [0.717, 1.165) is 18.1 Å². The Kier molecular flexibility index (Phi) is 3.27. The molecular weight excluding hydrogens is 190 g/mol. The molecule has 1 aliphatic rings. The van der Waals surface area contributed by atoms with Gasteiger partial charge in [-0.1, -0.05) is 0 Å². The number of hydrogen-bond acceptors (Lipinski definition) is 2. The Morgan fingerprint density at radius 3 is 3.00 bits per heavy atom. The zero-order valence-corrected chi connectivity index (χ0v) is 8.99. The Labute approximate surface area is 89.8 Å². The van der Waals surface area contributed by atoms with Gasteiger partial charge in [0, 0.05) is 25.2 Å². The van der Waals surface area contributed by atoms with Crippen LogP contribution in [0.1, 0.15) is 24.8 Å². The molecule has 2 rings (SSSR count). The van der Waals surface area contributed by atoms with Gasteiger partial charge in [0.1, 0.15) is 0 Å². The van der Waals surface area contributed by atoms with Crippen LogP contribution in [0.4, 0.5) is 0 Å². The standard InChI is InChI=1S/C11H17N3O/c1-12-11(14-10-3-2-4-10)13-7-9-5-6-15-8-9/h5-6,8,10H,2-4,7H2,1H3,(H2,12,13,14). The summed E-state index contributed by atoms with van der Waals surface area (Å²) < 4.78 is 4.99. The number of nitrogens with zero attached hydrogens (tertiary/aromatic N) is 1. The van der Waals surface area contributed by atoms with Crippen LogP contribution < -0.4 is 10.6 Å². The maximum absolute atomic E-state index is 4.99. The van der Waals surface area contributed by atoms with Gasteiger partial charge in [0.15, 0.2) is 5.96 Å². The Hall–Kier alpha value is -1.45. The number of nitrogens with one attached hydrogen (secondary N) is 2. The summed E-state index contributed by atoms with van der Waals surface area (Å²) in [4.78, 5) is 4.17. The summed E-state index contributed by atoms with van der Waals surface area (Å²) in [5.41, 5.74) is 1.13. The largest absolute Gasteiger partial charge is 0.472 e. The molecule has 0 amide bonds. The highest BCUT2D eigenvalue weighted by Gasteiger charge is 2.17. The van der Waals surface area contributed by atoms with Crippen LogP contribution in [0, 0.1) is 0 Å². The highest BCUT2D eigenvalue weighted by molar-refractivity contribution is 5.80. The molecule has 0 aromatic carbocycles. The van der Waals surface area contributed by atoms with E-state index in [4.69, 9.17) is 4.42 Å². The molecule has 0 radical (unpaired) electrons. The van der Waals surface area contributed by atoms with Gasteiger partial charge in [0.05, 0.1) is 12.5 Å². The average Bonchev–Trinajstić information content (AvgIpc) is 2.68. The lowest BCUT2D eigenvalue weighted by Crippen LogP contribution is -2.45. The molecule has 15 heavy (non-hydrogen) atoms. The predicted octanol–water partition coefficient (Wildman–Crippen LogP) is 1.50. The molecule has 0 unspecified atom stereocenters. The normalized spacial score (nSPS) is 17.3. The Balaban J connectivity index is 1.75. The SMILES string of the molecule is CN=C(NCc1ccoc1)NC1CCC1. The van der Waals surface area contributed by atoms with Crippen molar-refractivity contribution in [3.05, 3.63) is 24.2 Å². The first-order chi connectivity index (χ1) is 7.38. The highest BCUT2D eigenvalue weighted by Crippen LogP contribution is 2.17. The third-order valence-corrected chi connectivity index (χ3v) is 2.71. The third kappa shape index (κ3) is 2.75. The van der Waals surface area contributed by atoms with E-state index in [1.165, 1.54) is 19.3 Å². The summed E-state index contributed by atoms with van der Waals surface area (Å²) in [6.45, 7) is 0.753. The maximum Gasteiger partial charge on any atom is 0.191 e. The van der Waals surface area contributed by atoms with Crippen molar-refractivity contribution in [3.63, 3.8) is 0 Å². The molecule has 2 N–H and O–H groups in total. The molecule has 0 atom stereocenters. The number of hydrogen-bond donors (Lipinski definition) is 2. The fourth-order valence-corrected chi connectivity index (χ4v) is 1.52. The lowest BCUT2D eigenvalue weighted by Gasteiger charge is -2.28. The van der Waals surface area contributed by atoms with Crippen LogP contribution in [-0.4, -0.2) is 19.0 Å². The summed E-state index contributed by atoms with van der Waals surface area (Å²) in [6.07, 6.45) is 7.26. The second-order valence-electron chi connectivity index (χ2n) is 3.83. The van der Waals surface area contributed by atoms with Crippen molar-refractivity contribution >= 4 is 5.96 Å². The summed E-state index contributed by atoms with van der Waals surface area (Å²) in [5, 5.41) is 6.62. The lowest BCUT2D eigenvalue weighted by molar-refractivity contribution is 0.380. The number of aliphatic imine (C=N–C) groups is 1. The van der Waals surface area contributed by atoms with Crippen LogP contribution in [0.25, 0.3) is 0 Å². The van der Waals surface area contributed by atoms with Gasteiger partial charge in [0.25, 0.3) is 0 Å². The summed E-state index contributed by atoms with van der Waals surface area (Å²) >= 11 is 0. The molecule has 1 aliphatic carbocycles. The number of furan rings is 1. The van der Waals surface area contributed by atoms with Crippen molar-refractivity contribution in [2.24, 2.45) is 4.99 Å². The third-order valence-electron chi connectivity index (χ3n) is 2.71. The Morgan fingerprint density at radius 2 is 2.47 bits per heavy atom. The minimum absolute atomic E-state index is 0.612. The van der Waals surface area contributed by atoms with Crippen LogP contribution in [0.5, 0.6) is 0 Å². The first kappa shape index (κ1) is 10.1. The maximum atomic E-state index is 4.99. The van der Waals surface area contributed by atoms with Gasteiger partial charge in [0.2, 0.25) is 0 Å². The van der Waals surface area contributed by atoms with Gasteiger partial charge in [-0.05, 0) is 25.3 Å². The van der Waals surface area contributed by atoms with Crippen LogP contribution >= 0.6 is 0 Å². The minimum atomic E-state index is 0.612. The van der Waals surface area contributed by atoms with Crippen LogP contribution in [0.2, 0.25) is 0 Å². The zero-order valence-electron chi connectivity index (χ0n) is 8.99. The monoisotopic (exact) mass is 207 g/mol. The van der Waals surface area contributed by atoms with Crippen LogP contribution in [0.15, 0.2) is 28.0 Å². The lowest BCUT2D eigenvalue weighted by atomic mass is 9.93. The number of guanidine groups is 1. The van der Waals surface area contributed by atoms with E-state index in [9.17, 15) is 0 Å². The average molecular weight is 207 g/mol. The fraction of sp³-hybridized carbons (Fsp3) is 0.545. The van der Waals surface area contributed by atoms with Crippen LogP contribution in [-0.2, 0) is 6.54 Å². The molecule has 4 nitrogen and oxygen atoms in total.